The first-order chi connectivity index (χ1) is 10.1. The third-order valence-electron chi connectivity index (χ3n) is 3.68. The Morgan fingerprint density at radius 2 is 2.14 bits per heavy atom. The third-order valence-corrected chi connectivity index (χ3v) is 5.36. The molecule has 0 spiro atoms. The summed E-state index contributed by atoms with van der Waals surface area (Å²) >= 11 is 5.53. The van der Waals surface area contributed by atoms with E-state index in [0.717, 1.165) is 17.6 Å². The van der Waals surface area contributed by atoms with Gasteiger partial charge in [-0.1, -0.05) is 19.1 Å². The molecule has 21 heavy (non-hydrogen) atoms. The summed E-state index contributed by atoms with van der Waals surface area (Å²) in [5.41, 5.74) is 2.55. The van der Waals surface area contributed by atoms with Gasteiger partial charge in [0.2, 0.25) is 0 Å². The number of halogens is 1. The maximum Gasteiger partial charge on any atom is 0.0604 e. The average molecular weight is 367 g/mol. The Morgan fingerprint density at radius 1 is 1.33 bits per heavy atom. The second-order valence-corrected chi connectivity index (χ2v) is 7.10. The first-order valence-corrected chi connectivity index (χ1v) is 9.06. The molecular weight excluding hydrogens is 344 g/mol. The number of hydrogen-bond donors (Lipinski definition) is 1. The topological polar surface area (TPSA) is 15.3 Å². The fraction of sp³-hybridized carbons (Fsp3) is 0.412. The Kier molecular flexibility index (Phi) is 6.27. The highest BCUT2D eigenvalue weighted by molar-refractivity contribution is 9.10. The van der Waals surface area contributed by atoms with Crippen molar-refractivity contribution in [2.24, 2.45) is 0 Å². The third kappa shape index (κ3) is 4.31. The lowest BCUT2D eigenvalue weighted by Gasteiger charge is -2.27. The van der Waals surface area contributed by atoms with Crippen molar-refractivity contribution in [1.29, 1.82) is 0 Å². The quantitative estimate of drug-likeness (QED) is 0.676. The van der Waals surface area contributed by atoms with Crippen LogP contribution in [0.2, 0.25) is 0 Å². The summed E-state index contributed by atoms with van der Waals surface area (Å²) in [6.07, 6.45) is 1.17. The van der Waals surface area contributed by atoms with Crippen molar-refractivity contribution >= 4 is 33.0 Å². The van der Waals surface area contributed by atoms with Crippen LogP contribution in [0.4, 0.5) is 5.69 Å². The van der Waals surface area contributed by atoms with Gasteiger partial charge >= 0.3 is 0 Å². The number of hydrogen-bond acceptors (Lipinski definition) is 3. The Labute approximate surface area is 140 Å². The van der Waals surface area contributed by atoms with Gasteiger partial charge in [0.25, 0.3) is 0 Å². The molecule has 4 heteroatoms. The zero-order chi connectivity index (χ0) is 15.2. The van der Waals surface area contributed by atoms with E-state index in [4.69, 9.17) is 0 Å². The number of anilines is 1. The molecule has 0 amide bonds. The summed E-state index contributed by atoms with van der Waals surface area (Å²) in [6.45, 7) is 6.42. The average Bonchev–Trinajstić information content (AvgIpc) is 3.00. The minimum absolute atomic E-state index is 0.380. The van der Waals surface area contributed by atoms with E-state index in [9.17, 15) is 0 Å². The Hall–Kier alpha value is -0.840. The van der Waals surface area contributed by atoms with E-state index in [2.05, 4.69) is 82.8 Å². The van der Waals surface area contributed by atoms with Gasteiger partial charge in [0.05, 0.1) is 11.7 Å². The monoisotopic (exact) mass is 366 g/mol. The molecule has 0 aliphatic rings. The number of nitrogens with one attached hydrogen (secondary N) is 1. The van der Waals surface area contributed by atoms with Gasteiger partial charge in [0, 0.05) is 22.9 Å². The van der Waals surface area contributed by atoms with Crippen molar-refractivity contribution in [3.63, 3.8) is 0 Å². The van der Waals surface area contributed by atoms with E-state index in [-0.39, 0.29) is 0 Å². The summed E-state index contributed by atoms with van der Waals surface area (Å²) in [7, 11) is 2.15. The number of thiophene rings is 1. The van der Waals surface area contributed by atoms with Crippen LogP contribution >= 0.6 is 27.3 Å². The highest BCUT2D eigenvalue weighted by Gasteiger charge is 2.15. The Balaban J connectivity index is 2.09. The molecule has 1 atom stereocenters. The largest absolute Gasteiger partial charge is 0.366 e. The molecule has 1 aromatic heterocycles. The first-order valence-electron chi connectivity index (χ1n) is 7.38. The molecule has 0 bridgehead atoms. The normalized spacial score (nSPS) is 12.4. The summed E-state index contributed by atoms with van der Waals surface area (Å²) in [5.74, 6) is 0. The van der Waals surface area contributed by atoms with E-state index >= 15 is 0 Å². The van der Waals surface area contributed by atoms with Gasteiger partial charge in [-0.2, -0.15) is 0 Å². The van der Waals surface area contributed by atoms with Crippen LogP contribution in [0, 0.1) is 0 Å². The van der Waals surface area contributed by atoms with Gasteiger partial charge in [-0.25, -0.2) is 0 Å². The predicted molar refractivity (Wildman–Crippen MR) is 97.3 cm³/mol. The summed E-state index contributed by atoms with van der Waals surface area (Å²) in [6, 6.07) is 11.3. The zero-order valence-corrected chi connectivity index (χ0v) is 15.3. The van der Waals surface area contributed by atoms with E-state index in [1.54, 1.807) is 0 Å². The molecule has 0 fully saturated rings. The van der Waals surface area contributed by atoms with Crippen LogP contribution in [0.15, 0.2) is 40.2 Å². The molecule has 1 unspecified atom stereocenters. The van der Waals surface area contributed by atoms with Crippen LogP contribution in [-0.2, 0) is 6.54 Å². The molecule has 0 radical (unpaired) electrons. The van der Waals surface area contributed by atoms with E-state index < -0.39 is 0 Å². The molecule has 2 aromatic rings. The van der Waals surface area contributed by atoms with Crippen LogP contribution in [0.5, 0.6) is 0 Å². The molecule has 0 aliphatic heterocycles. The molecule has 0 saturated carbocycles. The summed E-state index contributed by atoms with van der Waals surface area (Å²) < 4.78 is 1.16. The smallest absolute Gasteiger partial charge is 0.0604 e. The molecule has 0 aliphatic carbocycles. The maximum absolute atomic E-state index is 3.72. The Morgan fingerprint density at radius 3 is 2.76 bits per heavy atom. The van der Waals surface area contributed by atoms with E-state index in [1.807, 2.05) is 11.3 Å². The van der Waals surface area contributed by atoms with Gasteiger partial charge in [-0.15, -0.1) is 11.3 Å². The number of rotatable bonds is 7. The molecule has 1 N–H and O–H groups in total. The lowest BCUT2D eigenvalue weighted by atomic mass is 10.1. The minimum atomic E-state index is 0.380. The minimum Gasteiger partial charge on any atom is -0.366 e. The zero-order valence-electron chi connectivity index (χ0n) is 12.9. The second-order valence-electron chi connectivity index (χ2n) is 5.26. The number of nitrogens with zero attached hydrogens (tertiary/aromatic N) is 1. The van der Waals surface area contributed by atoms with Gasteiger partial charge < -0.3 is 10.2 Å². The fourth-order valence-corrected chi connectivity index (χ4v) is 3.82. The summed E-state index contributed by atoms with van der Waals surface area (Å²) in [4.78, 5) is 3.71. The molecule has 0 saturated heterocycles. The first kappa shape index (κ1) is 16.5. The van der Waals surface area contributed by atoms with E-state index in [0.29, 0.717) is 6.04 Å². The van der Waals surface area contributed by atoms with Crippen LogP contribution < -0.4 is 10.2 Å². The maximum atomic E-state index is 3.72. The lowest BCUT2D eigenvalue weighted by molar-refractivity contribution is 0.675. The fourth-order valence-electron chi connectivity index (χ4n) is 2.28. The highest BCUT2D eigenvalue weighted by atomic mass is 79.9. The van der Waals surface area contributed by atoms with Crippen LogP contribution in [-0.4, -0.2) is 13.6 Å². The SMILES string of the molecule is CCCNCc1ccc(N(C)C(C)c2cccs2)c(Br)c1. The van der Waals surface area contributed by atoms with Gasteiger partial charge in [0.15, 0.2) is 0 Å². The summed E-state index contributed by atoms with van der Waals surface area (Å²) in [5, 5.41) is 5.58. The second kappa shape index (κ2) is 7.97. The lowest BCUT2D eigenvalue weighted by Crippen LogP contribution is -2.21. The van der Waals surface area contributed by atoms with Gasteiger partial charge in [-0.3, -0.25) is 0 Å². The van der Waals surface area contributed by atoms with Crippen molar-refractivity contribution in [1.82, 2.24) is 5.32 Å². The van der Waals surface area contributed by atoms with Crippen LogP contribution in [0.1, 0.15) is 36.8 Å². The van der Waals surface area contributed by atoms with Gasteiger partial charge in [-0.05, 0) is 65.0 Å². The van der Waals surface area contributed by atoms with Crippen LogP contribution in [0.25, 0.3) is 0 Å². The van der Waals surface area contributed by atoms with Gasteiger partial charge in [0.1, 0.15) is 0 Å². The highest BCUT2D eigenvalue weighted by Crippen LogP contribution is 2.33. The molecule has 114 valence electrons. The molecule has 2 nitrogen and oxygen atoms in total. The van der Waals surface area contributed by atoms with Crippen molar-refractivity contribution in [3.05, 3.63) is 50.6 Å². The van der Waals surface area contributed by atoms with Crippen molar-refractivity contribution < 1.29 is 0 Å². The number of benzene rings is 1. The standard InChI is InChI=1S/C17H23BrN2S/c1-4-9-19-12-14-7-8-16(15(18)11-14)20(3)13(2)17-6-5-10-21-17/h5-8,10-11,13,19H,4,9,12H2,1-3H3. The van der Waals surface area contributed by atoms with Crippen molar-refractivity contribution in [2.45, 2.75) is 32.9 Å². The molecule has 1 heterocycles. The van der Waals surface area contributed by atoms with E-state index in [1.165, 1.54) is 22.5 Å². The predicted octanol–water partition coefficient (Wildman–Crippen LogP) is 5.21. The molecule has 2 rings (SSSR count). The van der Waals surface area contributed by atoms with Crippen molar-refractivity contribution in [3.8, 4) is 0 Å². The van der Waals surface area contributed by atoms with Crippen LogP contribution in [0.3, 0.4) is 0 Å². The molecular formula is C17H23BrN2S. The molecule has 1 aromatic carbocycles. The Bertz CT molecular complexity index is 554. The van der Waals surface area contributed by atoms with Crippen molar-refractivity contribution in [2.75, 3.05) is 18.5 Å².